The zero-order valence-corrected chi connectivity index (χ0v) is 10.6. The summed E-state index contributed by atoms with van der Waals surface area (Å²) in [5.41, 5.74) is 3.03. The van der Waals surface area contributed by atoms with Gasteiger partial charge in [0, 0.05) is 25.8 Å². The molecule has 4 nitrogen and oxygen atoms in total. The van der Waals surface area contributed by atoms with E-state index in [9.17, 15) is 0 Å². The number of nitrogens with zero attached hydrogens (tertiary/aromatic N) is 2. The molecule has 1 unspecified atom stereocenters. The summed E-state index contributed by atoms with van der Waals surface area (Å²) < 4.78 is 5.19. The number of methoxy groups -OCH3 is 1. The second-order valence-electron chi connectivity index (χ2n) is 3.96. The van der Waals surface area contributed by atoms with Crippen molar-refractivity contribution in [2.45, 2.75) is 33.2 Å². The topological polar surface area (TPSA) is 47.0 Å². The molecule has 0 aliphatic carbocycles. The Morgan fingerprint density at radius 1 is 1.44 bits per heavy atom. The van der Waals surface area contributed by atoms with Gasteiger partial charge in [-0.25, -0.2) is 0 Å². The lowest BCUT2D eigenvalue weighted by Gasteiger charge is -2.17. The number of aryl methyl sites for hydroxylation is 2. The summed E-state index contributed by atoms with van der Waals surface area (Å²) in [5.74, 6) is 0. The summed E-state index contributed by atoms with van der Waals surface area (Å²) in [6.07, 6.45) is 2.67. The first-order valence-electron chi connectivity index (χ1n) is 5.68. The van der Waals surface area contributed by atoms with Crippen LogP contribution in [0.1, 0.15) is 24.0 Å². The van der Waals surface area contributed by atoms with Crippen LogP contribution in [-0.2, 0) is 11.2 Å². The van der Waals surface area contributed by atoms with E-state index in [4.69, 9.17) is 4.74 Å². The largest absolute Gasteiger partial charge is 0.383 e. The molecule has 0 aliphatic rings. The van der Waals surface area contributed by atoms with Gasteiger partial charge >= 0.3 is 0 Å². The molecule has 1 rings (SSSR count). The molecule has 4 heteroatoms. The lowest BCUT2D eigenvalue weighted by Crippen LogP contribution is -2.35. The summed E-state index contributed by atoms with van der Waals surface area (Å²) in [6.45, 7) is 7.69. The van der Waals surface area contributed by atoms with E-state index < -0.39 is 0 Å². The Morgan fingerprint density at radius 3 is 2.81 bits per heavy atom. The molecule has 0 aromatic carbocycles. The highest BCUT2D eigenvalue weighted by molar-refractivity contribution is 5.13. The van der Waals surface area contributed by atoms with Crippen molar-refractivity contribution in [1.29, 1.82) is 0 Å². The average molecular weight is 223 g/mol. The highest BCUT2D eigenvalue weighted by Crippen LogP contribution is 2.06. The van der Waals surface area contributed by atoms with Crippen molar-refractivity contribution in [2.75, 3.05) is 20.3 Å². The molecule has 1 aromatic heterocycles. The van der Waals surface area contributed by atoms with Gasteiger partial charge in [-0.15, -0.1) is 0 Å². The zero-order chi connectivity index (χ0) is 12.0. The Balaban J connectivity index is 2.71. The molecule has 90 valence electrons. The second-order valence-corrected chi connectivity index (χ2v) is 3.96. The van der Waals surface area contributed by atoms with Crippen LogP contribution in [0.3, 0.4) is 0 Å². The molecule has 0 saturated heterocycles. The van der Waals surface area contributed by atoms with Crippen LogP contribution >= 0.6 is 0 Å². The van der Waals surface area contributed by atoms with Gasteiger partial charge < -0.3 is 10.1 Å². The first kappa shape index (κ1) is 13.1. The number of aromatic nitrogens is 2. The lowest BCUT2D eigenvalue weighted by molar-refractivity contribution is 0.166. The van der Waals surface area contributed by atoms with Crippen LogP contribution in [0.15, 0.2) is 6.20 Å². The van der Waals surface area contributed by atoms with E-state index in [0.29, 0.717) is 12.6 Å². The highest BCUT2D eigenvalue weighted by atomic mass is 16.5. The molecular weight excluding hydrogens is 202 g/mol. The minimum atomic E-state index is 0.310. The molecule has 0 fully saturated rings. The fraction of sp³-hybridized carbons (Fsp3) is 0.667. The summed E-state index contributed by atoms with van der Waals surface area (Å²) >= 11 is 0. The molecule has 0 bridgehead atoms. The monoisotopic (exact) mass is 223 g/mol. The predicted molar refractivity (Wildman–Crippen MR) is 64.6 cm³/mol. The van der Waals surface area contributed by atoms with E-state index in [1.807, 2.05) is 13.8 Å². The molecule has 1 N–H and O–H groups in total. The molecule has 1 heterocycles. The van der Waals surface area contributed by atoms with Gasteiger partial charge in [-0.3, -0.25) is 9.97 Å². The molecule has 0 amide bonds. The third-order valence-corrected chi connectivity index (χ3v) is 2.47. The SMILES string of the molecule is CCNC(COC)Cc1nc(C)cnc1C. The van der Waals surface area contributed by atoms with Crippen LogP contribution < -0.4 is 5.32 Å². The van der Waals surface area contributed by atoms with E-state index in [1.165, 1.54) is 0 Å². The minimum Gasteiger partial charge on any atom is -0.383 e. The first-order valence-corrected chi connectivity index (χ1v) is 5.68. The number of hydrogen-bond acceptors (Lipinski definition) is 4. The quantitative estimate of drug-likeness (QED) is 0.788. The fourth-order valence-corrected chi connectivity index (χ4v) is 1.69. The first-order chi connectivity index (χ1) is 7.67. The Bertz CT molecular complexity index is 322. The van der Waals surface area contributed by atoms with E-state index >= 15 is 0 Å². The van der Waals surface area contributed by atoms with Gasteiger partial charge in [-0.05, 0) is 20.4 Å². The molecular formula is C12H21N3O. The maximum atomic E-state index is 5.19. The normalized spacial score (nSPS) is 12.8. The molecule has 1 aromatic rings. The average Bonchev–Trinajstić information content (AvgIpc) is 2.24. The van der Waals surface area contributed by atoms with Gasteiger partial charge in [0.05, 0.1) is 23.7 Å². The highest BCUT2D eigenvalue weighted by Gasteiger charge is 2.11. The van der Waals surface area contributed by atoms with Crippen LogP contribution in [-0.4, -0.2) is 36.3 Å². The predicted octanol–water partition coefficient (Wildman–Crippen LogP) is 1.26. The van der Waals surface area contributed by atoms with Crippen molar-refractivity contribution in [2.24, 2.45) is 0 Å². The summed E-state index contributed by atoms with van der Waals surface area (Å²) in [4.78, 5) is 8.84. The van der Waals surface area contributed by atoms with E-state index in [2.05, 4.69) is 22.2 Å². The standard InChI is InChI=1S/C12H21N3O/c1-5-13-11(8-16-4)6-12-10(3)14-7-9(2)15-12/h7,11,13H,5-6,8H2,1-4H3. The van der Waals surface area contributed by atoms with Crippen molar-refractivity contribution in [3.63, 3.8) is 0 Å². The van der Waals surface area contributed by atoms with Crippen LogP contribution in [0.2, 0.25) is 0 Å². The Morgan fingerprint density at radius 2 is 2.19 bits per heavy atom. The number of ether oxygens (including phenoxy) is 1. The van der Waals surface area contributed by atoms with Crippen molar-refractivity contribution in [3.05, 3.63) is 23.3 Å². The summed E-state index contributed by atoms with van der Waals surface area (Å²) in [5, 5.41) is 3.39. The molecule has 16 heavy (non-hydrogen) atoms. The number of nitrogens with one attached hydrogen (secondary N) is 1. The van der Waals surface area contributed by atoms with Crippen molar-refractivity contribution in [3.8, 4) is 0 Å². The minimum absolute atomic E-state index is 0.310. The van der Waals surface area contributed by atoms with Gasteiger partial charge in [-0.2, -0.15) is 0 Å². The van der Waals surface area contributed by atoms with Crippen molar-refractivity contribution >= 4 is 0 Å². The second kappa shape index (κ2) is 6.55. The lowest BCUT2D eigenvalue weighted by atomic mass is 10.1. The van der Waals surface area contributed by atoms with Gasteiger partial charge in [-0.1, -0.05) is 6.92 Å². The van der Waals surface area contributed by atoms with Crippen LogP contribution in [0, 0.1) is 13.8 Å². The van der Waals surface area contributed by atoms with Gasteiger partial charge in [0.25, 0.3) is 0 Å². The zero-order valence-electron chi connectivity index (χ0n) is 10.6. The Labute approximate surface area is 97.5 Å². The van der Waals surface area contributed by atoms with E-state index in [-0.39, 0.29) is 0 Å². The van der Waals surface area contributed by atoms with Gasteiger partial charge in [0.15, 0.2) is 0 Å². The summed E-state index contributed by atoms with van der Waals surface area (Å²) in [6, 6.07) is 0.310. The number of rotatable bonds is 6. The number of likely N-dealkylation sites (N-methyl/N-ethyl adjacent to an activating group) is 1. The van der Waals surface area contributed by atoms with Gasteiger partial charge in [0.2, 0.25) is 0 Å². The van der Waals surface area contributed by atoms with Crippen molar-refractivity contribution < 1.29 is 4.74 Å². The van der Waals surface area contributed by atoms with Crippen molar-refractivity contribution in [1.82, 2.24) is 15.3 Å². The van der Waals surface area contributed by atoms with Crippen LogP contribution in [0.5, 0.6) is 0 Å². The smallest absolute Gasteiger partial charge is 0.0635 e. The molecule has 0 saturated carbocycles. The maximum absolute atomic E-state index is 5.19. The van der Waals surface area contributed by atoms with Gasteiger partial charge in [0.1, 0.15) is 0 Å². The fourth-order valence-electron chi connectivity index (χ4n) is 1.69. The molecule has 0 radical (unpaired) electrons. The van der Waals surface area contributed by atoms with Crippen LogP contribution in [0.25, 0.3) is 0 Å². The molecule has 0 spiro atoms. The van der Waals surface area contributed by atoms with E-state index in [0.717, 1.165) is 30.0 Å². The Kier molecular flexibility index (Phi) is 5.35. The van der Waals surface area contributed by atoms with Crippen LogP contribution in [0.4, 0.5) is 0 Å². The number of hydrogen-bond donors (Lipinski definition) is 1. The maximum Gasteiger partial charge on any atom is 0.0635 e. The Hall–Kier alpha value is -1.00. The van der Waals surface area contributed by atoms with E-state index in [1.54, 1.807) is 13.3 Å². The third-order valence-electron chi connectivity index (χ3n) is 2.47. The molecule has 1 atom stereocenters. The summed E-state index contributed by atoms with van der Waals surface area (Å²) in [7, 11) is 1.72. The molecule has 0 aliphatic heterocycles. The third kappa shape index (κ3) is 3.87.